The maximum absolute atomic E-state index is 4.68. The van der Waals surface area contributed by atoms with Crippen LogP contribution < -0.4 is 0 Å². The van der Waals surface area contributed by atoms with Crippen molar-refractivity contribution in [3.63, 3.8) is 0 Å². The van der Waals surface area contributed by atoms with Crippen LogP contribution in [0.25, 0.3) is 99.8 Å². The van der Waals surface area contributed by atoms with E-state index in [9.17, 15) is 0 Å². The number of aromatic nitrogens is 4. The molecule has 0 atom stereocenters. The first-order valence-electron chi connectivity index (χ1n) is 21.7. The Morgan fingerprint density at radius 3 is 1.47 bits per heavy atom. The molecule has 0 unspecified atom stereocenters. The van der Waals surface area contributed by atoms with Crippen LogP contribution in [0.4, 0.5) is 0 Å². The number of fused-ring (bicyclic) bond motifs is 12. The number of rotatable bonds is 4. The van der Waals surface area contributed by atoms with Crippen LogP contribution in [0.5, 0.6) is 0 Å². The van der Waals surface area contributed by atoms with Gasteiger partial charge in [-0.2, -0.15) is 0 Å². The van der Waals surface area contributed by atoms with Crippen molar-refractivity contribution >= 4 is 38.2 Å². The van der Waals surface area contributed by atoms with Gasteiger partial charge in [0.1, 0.15) is 0 Å². The maximum atomic E-state index is 4.68. The minimum atomic E-state index is -0.0680. The highest BCUT2D eigenvalue weighted by Gasteiger charge is 2.36. The quantitative estimate of drug-likeness (QED) is 0.178. The van der Waals surface area contributed by atoms with Gasteiger partial charge in [-0.05, 0) is 139 Å². The minimum absolute atomic E-state index is 0.0680. The van der Waals surface area contributed by atoms with Crippen LogP contribution in [0, 0.1) is 0 Å². The third-order valence-corrected chi connectivity index (χ3v) is 14.3. The molecule has 0 spiro atoms. The Labute approximate surface area is 360 Å². The molecule has 0 radical (unpaired) electrons. The lowest BCUT2D eigenvalue weighted by Crippen LogP contribution is -2.14. The molecule has 3 heterocycles. The highest BCUT2D eigenvalue weighted by Crippen LogP contribution is 2.51. The molecule has 0 N–H and O–H groups in total. The smallest absolute Gasteiger partial charge is 0.168 e. The van der Waals surface area contributed by atoms with Gasteiger partial charge in [0, 0.05) is 44.4 Å². The lowest BCUT2D eigenvalue weighted by atomic mass is 9.81. The number of pyridine rings is 1. The second-order valence-electron chi connectivity index (χ2n) is 18.3. The summed E-state index contributed by atoms with van der Waals surface area (Å²) in [6.07, 6.45) is 2.07. The van der Waals surface area contributed by atoms with Gasteiger partial charge in [0.05, 0.1) is 11.0 Å². The van der Waals surface area contributed by atoms with Crippen LogP contribution in [-0.2, 0) is 10.8 Å². The monoisotopic (exact) mass is 794 g/mol. The number of hydrogen-bond donors (Lipinski definition) is 0. The largest absolute Gasteiger partial charge is 0.309 e. The molecular formula is C58H42N4. The summed E-state index contributed by atoms with van der Waals surface area (Å²) in [6.45, 7) is 9.43. The van der Waals surface area contributed by atoms with Crippen LogP contribution in [-0.4, -0.2) is 19.2 Å². The van der Waals surface area contributed by atoms with Gasteiger partial charge in [0.25, 0.3) is 0 Å². The second kappa shape index (κ2) is 12.5. The molecule has 4 nitrogen and oxygen atoms in total. The first kappa shape index (κ1) is 35.2. The summed E-state index contributed by atoms with van der Waals surface area (Å²) in [6, 6.07) is 65.3. The average Bonchev–Trinajstić information content (AvgIpc) is 4.02. The molecule has 0 fully saturated rings. The normalized spacial score (nSPS) is 14.4. The lowest BCUT2D eigenvalue weighted by Gasteiger charge is -2.22. The number of benzene rings is 8. The number of hydrogen-bond acceptors (Lipinski definition) is 2. The van der Waals surface area contributed by atoms with E-state index in [2.05, 4.69) is 229 Å². The predicted octanol–water partition coefficient (Wildman–Crippen LogP) is 14.6. The van der Waals surface area contributed by atoms with Crippen molar-refractivity contribution in [1.29, 1.82) is 0 Å². The standard InChI is InChI=1S/C58H42N4/c1-57(2)49-15-9-7-13-43(49)45-25-19-39(33-51(45)57)37-21-27-53-47(31-37)48-32-38(40-20-26-46-44-14-8-10-16-50(44)58(3,4)52(46)34-40)22-28-54(48)62(53)41-23-17-36(18-24-41)55-59-60-56-42-12-6-5-11-35(42)29-30-61(55)56/h5-34H,1-4H3. The lowest BCUT2D eigenvalue weighted by molar-refractivity contribution is 0.660. The minimum Gasteiger partial charge on any atom is -0.309 e. The third-order valence-electron chi connectivity index (χ3n) is 14.3. The Morgan fingerprint density at radius 2 is 0.871 bits per heavy atom. The van der Waals surface area contributed by atoms with Crippen molar-refractivity contribution in [3.05, 3.63) is 204 Å². The average molecular weight is 795 g/mol. The van der Waals surface area contributed by atoms with E-state index in [1.807, 2.05) is 0 Å². The first-order valence-corrected chi connectivity index (χ1v) is 21.7. The molecule has 0 bridgehead atoms. The van der Waals surface area contributed by atoms with Gasteiger partial charge in [-0.25, -0.2) is 0 Å². The van der Waals surface area contributed by atoms with Crippen LogP contribution >= 0.6 is 0 Å². The van der Waals surface area contributed by atoms with Crippen molar-refractivity contribution in [1.82, 2.24) is 19.2 Å². The molecule has 0 aliphatic heterocycles. The summed E-state index contributed by atoms with van der Waals surface area (Å²) in [4.78, 5) is 0. The molecule has 2 aliphatic rings. The van der Waals surface area contributed by atoms with E-state index in [1.54, 1.807) is 0 Å². The summed E-state index contributed by atoms with van der Waals surface area (Å²) in [5, 5.41) is 14.0. The third kappa shape index (κ3) is 4.83. The van der Waals surface area contributed by atoms with E-state index in [0.29, 0.717) is 0 Å². The summed E-state index contributed by atoms with van der Waals surface area (Å²) in [5.74, 6) is 0.829. The molecule has 4 heteroatoms. The van der Waals surface area contributed by atoms with Crippen LogP contribution in [0.15, 0.2) is 182 Å². The van der Waals surface area contributed by atoms with Crippen LogP contribution in [0.3, 0.4) is 0 Å². The Bertz CT molecular complexity index is 3530. The molecule has 0 saturated heterocycles. The van der Waals surface area contributed by atoms with Crippen LogP contribution in [0.1, 0.15) is 49.9 Å². The molecule has 3 aromatic heterocycles. The van der Waals surface area contributed by atoms with E-state index < -0.39 is 0 Å². The molecule has 13 rings (SSSR count). The zero-order valence-electron chi connectivity index (χ0n) is 35.1. The molecule has 294 valence electrons. The zero-order valence-corrected chi connectivity index (χ0v) is 35.1. The van der Waals surface area contributed by atoms with E-state index >= 15 is 0 Å². The summed E-state index contributed by atoms with van der Waals surface area (Å²) >= 11 is 0. The molecule has 2 aliphatic carbocycles. The Morgan fingerprint density at radius 1 is 0.387 bits per heavy atom. The summed E-state index contributed by atoms with van der Waals surface area (Å²) < 4.78 is 4.51. The number of nitrogens with zero attached hydrogens (tertiary/aromatic N) is 4. The molecule has 11 aromatic rings. The highest BCUT2D eigenvalue weighted by molar-refractivity contribution is 6.12. The molecule has 8 aromatic carbocycles. The fraction of sp³-hybridized carbons (Fsp3) is 0.103. The fourth-order valence-corrected chi connectivity index (χ4v) is 11.0. The second-order valence-corrected chi connectivity index (χ2v) is 18.3. The highest BCUT2D eigenvalue weighted by atomic mass is 15.2. The van der Waals surface area contributed by atoms with Gasteiger partial charge >= 0.3 is 0 Å². The predicted molar refractivity (Wildman–Crippen MR) is 256 cm³/mol. The van der Waals surface area contributed by atoms with Gasteiger partial charge < -0.3 is 4.57 Å². The van der Waals surface area contributed by atoms with E-state index in [4.69, 9.17) is 0 Å². The van der Waals surface area contributed by atoms with Crippen LogP contribution in [0.2, 0.25) is 0 Å². The van der Waals surface area contributed by atoms with Crippen molar-refractivity contribution in [2.45, 2.75) is 38.5 Å². The van der Waals surface area contributed by atoms with E-state index in [0.717, 1.165) is 33.5 Å². The van der Waals surface area contributed by atoms with Crippen molar-refractivity contribution < 1.29 is 0 Å². The molecule has 62 heavy (non-hydrogen) atoms. The van der Waals surface area contributed by atoms with Gasteiger partial charge in [-0.3, -0.25) is 4.40 Å². The van der Waals surface area contributed by atoms with Crippen molar-refractivity contribution in [2.75, 3.05) is 0 Å². The van der Waals surface area contributed by atoms with E-state index in [-0.39, 0.29) is 10.8 Å². The first-order chi connectivity index (χ1) is 30.2. The Kier molecular flexibility index (Phi) is 7.10. The Balaban J connectivity index is 0.966. The van der Waals surface area contributed by atoms with Gasteiger partial charge in [0.2, 0.25) is 0 Å². The fourth-order valence-electron chi connectivity index (χ4n) is 11.0. The van der Waals surface area contributed by atoms with Crippen molar-refractivity contribution in [3.8, 4) is 61.6 Å². The van der Waals surface area contributed by atoms with Gasteiger partial charge in [-0.1, -0.05) is 137 Å². The summed E-state index contributed by atoms with van der Waals surface area (Å²) in [7, 11) is 0. The summed E-state index contributed by atoms with van der Waals surface area (Å²) in [5.41, 5.74) is 21.0. The topological polar surface area (TPSA) is 35.1 Å². The zero-order chi connectivity index (χ0) is 41.5. The van der Waals surface area contributed by atoms with Gasteiger partial charge in [0.15, 0.2) is 11.5 Å². The van der Waals surface area contributed by atoms with Crippen molar-refractivity contribution in [2.24, 2.45) is 0 Å². The SMILES string of the molecule is CC1(C)c2ccccc2-c2ccc(-c3ccc4c(c3)c3cc(-c5ccc6c(c5)C(C)(C)c5ccccc5-6)ccc3n4-c3ccc(-c4nnc5c6ccccc6ccn45)cc3)cc21. The molecular weight excluding hydrogens is 753 g/mol. The molecule has 0 saturated carbocycles. The van der Waals surface area contributed by atoms with Gasteiger partial charge in [-0.15, -0.1) is 10.2 Å². The van der Waals surface area contributed by atoms with E-state index in [1.165, 1.54) is 88.6 Å². The Hall–Kier alpha value is -7.56. The molecule has 0 amide bonds. The maximum Gasteiger partial charge on any atom is 0.168 e.